The summed E-state index contributed by atoms with van der Waals surface area (Å²) in [5, 5.41) is 10.3. The minimum Gasteiger partial charge on any atom is -0.392 e. The molecule has 18 heavy (non-hydrogen) atoms. The van der Waals surface area contributed by atoms with E-state index in [1.165, 1.54) is 49.0 Å². The largest absolute Gasteiger partial charge is 0.392 e. The van der Waals surface area contributed by atoms with E-state index >= 15 is 0 Å². The van der Waals surface area contributed by atoms with Crippen LogP contribution in [-0.4, -0.2) is 17.0 Å². The van der Waals surface area contributed by atoms with Gasteiger partial charge in [0.1, 0.15) is 0 Å². The van der Waals surface area contributed by atoms with E-state index in [1.807, 2.05) is 0 Å². The Balaban J connectivity index is 1.79. The standard InChI is InChI=1S/C16H24OS/c1-13-8-10-15(11-9-13)18-12-16(17)14-6-4-2-3-5-7-14/h8-11,14,16-17H,2-7,12H2,1H3. The highest BCUT2D eigenvalue weighted by molar-refractivity contribution is 7.99. The predicted octanol–water partition coefficient (Wildman–Crippen LogP) is 4.42. The molecule has 0 aromatic heterocycles. The lowest BCUT2D eigenvalue weighted by Crippen LogP contribution is -2.22. The quantitative estimate of drug-likeness (QED) is 0.642. The summed E-state index contributed by atoms with van der Waals surface area (Å²) in [5.74, 6) is 1.37. The first-order valence-electron chi connectivity index (χ1n) is 7.13. The lowest BCUT2D eigenvalue weighted by Gasteiger charge is -2.20. The molecule has 1 aromatic rings. The fraction of sp³-hybridized carbons (Fsp3) is 0.625. The zero-order valence-electron chi connectivity index (χ0n) is 11.3. The van der Waals surface area contributed by atoms with Crippen LogP contribution in [0.1, 0.15) is 44.1 Å². The molecule has 1 N–H and O–H groups in total. The molecular weight excluding hydrogens is 240 g/mol. The van der Waals surface area contributed by atoms with Crippen molar-refractivity contribution in [3.05, 3.63) is 29.8 Å². The zero-order valence-corrected chi connectivity index (χ0v) is 12.1. The van der Waals surface area contributed by atoms with Crippen molar-refractivity contribution in [2.75, 3.05) is 5.75 Å². The second-order valence-corrected chi connectivity index (χ2v) is 6.54. The van der Waals surface area contributed by atoms with Gasteiger partial charge in [0, 0.05) is 10.6 Å². The summed E-state index contributed by atoms with van der Waals surface area (Å²) in [6.45, 7) is 2.11. The Labute approximate surface area is 115 Å². The Morgan fingerprint density at radius 2 is 1.72 bits per heavy atom. The van der Waals surface area contributed by atoms with E-state index in [1.54, 1.807) is 11.8 Å². The maximum atomic E-state index is 10.3. The molecule has 0 bridgehead atoms. The molecule has 0 saturated heterocycles. The summed E-state index contributed by atoms with van der Waals surface area (Å²) in [5.41, 5.74) is 1.30. The van der Waals surface area contributed by atoms with Gasteiger partial charge in [0.15, 0.2) is 0 Å². The summed E-state index contributed by atoms with van der Waals surface area (Å²) >= 11 is 1.79. The molecule has 2 rings (SSSR count). The van der Waals surface area contributed by atoms with Crippen molar-refractivity contribution in [3.8, 4) is 0 Å². The average Bonchev–Trinajstić information content (AvgIpc) is 2.66. The van der Waals surface area contributed by atoms with Gasteiger partial charge in [0.2, 0.25) is 0 Å². The number of aryl methyl sites for hydroxylation is 1. The van der Waals surface area contributed by atoms with Crippen LogP contribution in [0, 0.1) is 12.8 Å². The van der Waals surface area contributed by atoms with Crippen LogP contribution in [0.25, 0.3) is 0 Å². The van der Waals surface area contributed by atoms with E-state index in [4.69, 9.17) is 0 Å². The first kappa shape index (κ1) is 14.0. The first-order chi connectivity index (χ1) is 8.75. The molecule has 0 spiro atoms. The highest BCUT2D eigenvalue weighted by Crippen LogP contribution is 2.29. The molecule has 1 unspecified atom stereocenters. The molecule has 1 aromatic carbocycles. The Bertz CT molecular complexity index is 339. The smallest absolute Gasteiger partial charge is 0.0662 e. The second-order valence-electron chi connectivity index (χ2n) is 5.44. The third-order valence-electron chi connectivity index (χ3n) is 3.89. The Morgan fingerprint density at radius 1 is 1.11 bits per heavy atom. The SMILES string of the molecule is Cc1ccc(SCC(O)C2CCCCCC2)cc1. The first-order valence-corrected chi connectivity index (χ1v) is 8.12. The van der Waals surface area contributed by atoms with Gasteiger partial charge in [-0.05, 0) is 37.8 Å². The van der Waals surface area contributed by atoms with Crippen LogP contribution in [-0.2, 0) is 0 Å². The topological polar surface area (TPSA) is 20.2 Å². The molecule has 1 saturated carbocycles. The van der Waals surface area contributed by atoms with E-state index in [9.17, 15) is 5.11 Å². The van der Waals surface area contributed by atoms with Gasteiger partial charge < -0.3 is 5.11 Å². The molecule has 100 valence electrons. The third kappa shape index (κ3) is 4.33. The van der Waals surface area contributed by atoms with Crippen LogP contribution in [0.2, 0.25) is 0 Å². The van der Waals surface area contributed by atoms with Crippen molar-refractivity contribution < 1.29 is 5.11 Å². The van der Waals surface area contributed by atoms with Crippen molar-refractivity contribution in [1.82, 2.24) is 0 Å². The number of rotatable bonds is 4. The summed E-state index contributed by atoms with van der Waals surface area (Å²) in [4.78, 5) is 1.27. The monoisotopic (exact) mass is 264 g/mol. The maximum absolute atomic E-state index is 10.3. The lowest BCUT2D eigenvalue weighted by molar-refractivity contribution is 0.120. The van der Waals surface area contributed by atoms with E-state index in [2.05, 4.69) is 31.2 Å². The van der Waals surface area contributed by atoms with E-state index < -0.39 is 0 Å². The van der Waals surface area contributed by atoms with Gasteiger partial charge in [-0.2, -0.15) is 0 Å². The van der Waals surface area contributed by atoms with Crippen LogP contribution in [0.15, 0.2) is 29.2 Å². The van der Waals surface area contributed by atoms with Crippen LogP contribution in [0.3, 0.4) is 0 Å². The van der Waals surface area contributed by atoms with Crippen LogP contribution in [0.5, 0.6) is 0 Å². The Hall–Kier alpha value is -0.470. The highest BCUT2D eigenvalue weighted by Gasteiger charge is 2.20. The molecular formula is C16H24OS. The Morgan fingerprint density at radius 3 is 2.33 bits per heavy atom. The molecule has 1 aliphatic carbocycles. The number of hydrogen-bond acceptors (Lipinski definition) is 2. The van der Waals surface area contributed by atoms with Gasteiger partial charge in [-0.15, -0.1) is 11.8 Å². The van der Waals surface area contributed by atoms with Crippen molar-refractivity contribution >= 4 is 11.8 Å². The zero-order chi connectivity index (χ0) is 12.8. The normalized spacial score (nSPS) is 19.4. The summed E-state index contributed by atoms with van der Waals surface area (Å²) in [6, 6.07) is 8.58. The fourth-order valence-corrected chi connectivity index (χ4v) is 3.61. The van der Waals surface area contributed by atoms with Gasteiger partial charge in [-0.25, -0.2) is 0 Å². The molecule has 2 heteroatoms. The van der Waals surface area contributed by atoms with E-state index in [0.717, 1.165) is 5.75 Å². The number of benzene rings is 1. The van der Waals surface area contributed by atoms with Crippen LogP contribution in [0.4, 0.5) is 0 Å². The number of aliphatic hydroxyl groups excluding tert-OH is 1. The van der Waals surface area contributed by atoms with Crippen LogP contribution < -0.4 is 0 Å². The average molecular weight is 264 g/mol. The fourth-order valence-electron chi connectivity index (χ4n) is 2.65. The lowest BCUT2D eigenvalue weighted by atomic mass is 9.95. The van der Waals surface area contributed by atoms with Gasteiger partial charge >= 0.3 is 0 Å². The van der Waals surface area contributed by atoms with Crippen molar-refractivity contribution in [2.45, 2.75) is 56.4 Å². The summed E-state index contributed by atoms with van der Waals surface area (Å²) < 4.78 is 0. The second kappa shape index (κ2) is 7.20. The van der Waals surface area contributed by atoms with Crippen molar-refractivity contribution in [2.24, 2.45) is 5.92 Å². The molecule has 0 aliphatic heterocycles. The molecule has 0 amide bonds. The minimum atomic E-state index is -0.130. The van der Waals surface area contributed by atoms with Crippen LogP contribution >= 0.6 is 11.8 Å². The Kier molecular flexibility index (Phi) is 5.58. The molecule has 1 aliphatic rings. The minimum absolute atomic E-state index is 0.130. The van der Waals surface area contributed by atoms with E-state index in [0.29, 0.717) is 5.92 Å². The number of thioether (sulfide) groups is 1. The molecule has 0 radical (unpaired) electrons. The van der Waals surface area contributed by atoms with E-state index in [-0.39, 0.29) is 6.10 Å². The summed E-state index contributed by atoms with van der Waals surface area (Å²) in [6.07, 6.45) is 7.62. The van der Waals surface area contributed by atoms with Crippen molar-refractivity contribution in [3.63, 3.8) is 0 Å². The highest BCUT2D eigenvalue weighted by atomic mass is 32.2. The van der Waals surface area contributed by atoms with Crippen molar-refractivity contribution in [1.29, 1.82) is 0 Å². The molecule has 0 heterocycles. The van der Waals surface area contributed by atoms with Gasteiger partial charge in [0.05, 0.1) is 6.10 Å². The third-order valence-corrected chi connectivity index (χ3v) is 5.00. The molecule has 1 atom stereocenters. The molecule has 1 fully saturated rings. The maximum Gasteiger partial charge on any atom is 0.0662 e. The van der Waals surface area contributed by atoms with Gasteiger partial charge in [-0.1, -0.05) is 43.4 Å². The predicted molar refractivity (Wildman–Crippen MR) is 79.1 cm³/mol. The summed E-state index contributed by atoms with van der Waals surface area (Å²) in [7, 11) is 0. The molecule has 1 nitrogen and oxygen atoms in total. The number of hydrogen-bond donors (Lipinski definition) is 1. The van der Waals surface area contributed by atoms with Gasteiger partial charge in [-0.3, -0.25) is 0 Å². The van der Waals surface area contributed by atoms with Gasteiger partial charge in [0.25, 0.3) is 0 Å². The number of aliphatic hydroxyl groups is 1.